The first-order valence-electron chi connectivity index (χ1n) is 6.90. The lowest BCUT2D eigenvalue weighted by Crippen LogP contribution is -2.11. The fourth-order valence-corrected chi connectivity index (χ4v) is 3.05. The predicted molar refractivity (Wildman–Crippen MR) is 84.4 cm³/mol. The minimum absolute atomic E-state index is 0.703. The number of aromatic nitrogens is 4. The molecule has 3 rings (SSSR count). The number of rotatable bonds is 5. The molecule has 0 bridgehead atoms. The second kappa shape index (κ2) is 6.24. The van der Waals surface area contributed by atoms with E-state index in [0.717, 1.165) is 23.6 Å². The van der Waals surface area contributed by atoms with E-state index in [1.54, 1.807) is 24.4 Å². The summed E-state index contributed by atoms with van der Waals surface area (Å²) in [4.78, 5) is 17.0. The molecule has 0 unspecified atom stereocenters. The molecule has 0 spiro atoms. The maximum absolute atomic E-state index is 4.36. The zero-order valence-electron chi connectivity index (χ0n) is 12.1. The van der Waals surface area contributed by atoms with Crippen molar-refractivity contribution in [3.8, 4) is 0 Å². The second-order valence-electron chi connectivity index (χ2n) is 4.76. The number of imidazole rings is 1. The van der Waals surface area contributed by atoms with Crippen molar-refractivity contribution in [1.29, 1.82) is 0 Å². The van der Waals surface area contributed by atoms with Crippen molar-refractivity contribution in [3.05, 3.63) is 42.0 Å². The summed E-state index contributed by atoms with van der Waals surface area (Å²) in [6.07, 6.45) is 3.20. The molecule has 6 heteroatoms. The van der Waals surface area contributed by atoms with E-state index in [-0.39, 0.29) is 0 Å². The number of hydrogen-bond acceptors (Lipinski definition) is 5. The molecule has 21 heavy (non-hydrogen) atoms. The van der Waals surface area contributed by atoms with E-state index in [2.05, 4.69) is 57.3 Å². The third-order valence-corrected chi connectivity index (χ3v) is 4.39. The standard InChI is InChI=1S/C15H17N5S/c1-3-16-7-11-4-5-12(10(2)6-11)21-15-13-14(18-8-17-13)19-9-20-15/h4-6,8-9,16H,3,7H2,1-2H3,(H,17,18,19,20). The first-order valence-corrected chi connectivity index (χ1v) is 7.71. The fraction of sp³-hybridized carbons (Fsp3) is 0.267. The Bertz CT molecular complexity index is 753. The molecular formula is C15H17N5S. The molecule has 5 nitrogen and oxygen atoms in total. The summed E-state index contributed by atoms with van der Waals surface area (Å²) < 4.78 is 0. The van der Waals surface area contributed by atoms with Gasteiger partial charge >= 0.3 is 0 Å². The Balaban J connectivity index is 1.86. The Labute approximate surface area is 127 Å². The largest absolute Gasteiger partial charge is 0.341 e. The highest BCUT2D eigenvalue weighted by Crippen LogP contribution is 2.32. The van der Waals surface area contributed by atoms with Crippen molar-refractivity contribution in [1.82, 2.24) is 25.3 Å². The first-order chi connectivity index (χ1) is 10.3. The van der Waals surface area contributed by atoms with Gasteiger partial charge in [0.05, 0.1) is 6.33 Å². The van der Waals surface area contributed by atoms with Gasteiger partial charge in [-0.1, -0.05) is 30.8 Å². The van der Waals surface area contributed by atoms with E-state index in [4.69, 9.17) is 0 Å². The van der Waals surface area contributed by atoms with Crippen LogP contribution in [0.3, 0.4) is 0 Å². The fourth-order valence-electron chi connectivity index (χ4n) is 2.13. The highest BCUT2D eigenvalue weighted by Gasteiger charge is 2.09. The molecule has 0 fully saturated rings. The molecule has 0 aliphatic carbocycles. The number of nitrogens with zero attached hydrogens (tertiary/aromatic N) is 3. The molecular weight excluding hydrogens is 282 g/mol. The van der Waals surface area contributed by atoms with Crippen molar-refractivity contribution in [2.24, 2.45) is 0 Å². The number of hydrogen-bond donors (Lipinski definition) is 2. The van der Waals surface area contributed by atoms with Crippen LogP contribution in [0.25, 0.3) is 11.2 Å². The van der Waals surface area contributed by atoms with Crippen molar-refractivity contribution >= 4 is 22.9 Å². The number of nitrogens with one attached hydrogen (secondary N) is 2. The smallest absolute Gasteiger partial charge is 0.181 e. The van der Waals surface area contributed by atoms with Gasteiger partial charge in [0.2, 0.25) is 0 Å². The highest BCUT2D eigenvalue weighted by molar-refractivity contribution is 7.99. The maximum atomic E-state index is 4.36. The van der Waals surface area contributed by atoms with Crippen LogP contribution in [0, 0.1) is 6.92 Å². The van der Waals surface area contributed by atoms with Gasteiger partial charge in [0.25, 0.3) is 0 Å². The summed E-state index contributed by atoms with van der Waals surface area (Å²) in [5, 5.41) is 4.24. The van der Waals surface area contributed by atoms with Crippen molar-refractivity contribution in [2.75, 3.05) is 6.54 Å². The monoisotopic (exact) mass is 299 g/mol. The van der Waals surface area contributed by atoms with Gasteiger partial charge in [-0.15, -0.1) is 0 Å². The number of aromatic amines is 1. The number of H-pyrrole nitrogens is 1. The van der Waals surface area contributed by atoms with Crippen LogP contribution >= 0.6 is 11.8 Å². The minimum Gasteiger partial charge on any atom is -0.341 e. The molecule has 0 aliphatic heterocycles. The Morgan fingerprint density at radius 1 is 1.24 bits per heavy atom. The van der Waals surface area contributed by atoms with Crippen LogP contribution in [0.5, 0.6) is 0 Å². The first kappa shape index (κ1) is 14.0. The third-order valence-electron chi connectivity index (χ3n) is 3.21. The summed E-state index contributed by atoms with van der Waals surface area (Å²) >= 11 is 1.64. The molecule has 1 aromatic carbocycles. The molecule has 0 atom stereocenters. The molecule has 0 radical (unpaired) electrons. The van der Waals surface area contributed by atoms with E-state index in [1.807, 2.05) is 0 Å². The Hall–Kier alpha value is -1.92. The number of fused-ring (bicyclic) bond motifs is 1. The lowest BCUT2D eigenvalue weighted by atomic mass is 10.1. The average Bonchev–Trinajstić information content (AvgIpc) is 2.97. The molecule has 108 valence electrons. The zero-order valence-corrected chi connectivity index (χ0v) is 12.9. The van der Waals surface area contributed by atoms with E-state index >= 15 is 0 Å². The van der Waals surface area contributed by atoms with E-state index in [0.29, 0.717) is 5.65 Å². The number of aryl methyl sites for hydroxylation is 1. The SMILES string of the molecule is CCNCc1ccc(Sc2ncnc3nc[nH]c23)c(C)c1. The van der Waals surface area contributed by atoms with Crippen LogP contribution in [-0.4, -0.2) is 26.5 Å². The zero-order chi connectivity index (χ0) is 14.7. The third kappa shape index (κ3) is 3.06. The van der Waals surface area contributed by atoms with E-state index < -0.39 is 0 Å². The Morgan fingerprint density at radius 3 is 2.95 bits per heavy atom. The summed E-state index contributed by atoms with van der Waals surface area (Å²) in [6.45, 7) is 6.12. The Morgan fingerprint density at radius 2 is 2.14 bits per heavy atom. The molecule has 2 N–H and O–H groups in total. The normalized spacial score (nSPS) is 11.1. The lowest BCUT2D eigenvalue weighted by molar-refractivity contribution is 0.726. The second-order valence-corrected chi connectivity index (χ2v) is 5.79. The van der Waals surface area contributed by atoms with Gasteiger partial charge in [-0.3, -0.25) is 0 Å². The topological polar surface area (TPSA) is 66.5 Å². The van der Waals surface area contributed by atoms with Gasteiger partial charge in [0.1, 0.15) is 16.9 Å². The van der Waals surface area contributed by atoms with Gasteiger partial charge in [0, 0.05) is 11.4 Å². The van der Waals surface area contributed by atoms with Crippen LogP contribution < -0.4 is 5.32 Å². The molecule has 2 heterocycles. The van der Waals surface area contributed by atoms with E-state index in [9.17, 15) is 0 Å². The highest BCUT2D eigenvalue weighted by atomic mass is 32.2. The molecule has 0 saturated heterocycles. The molecule has 0 aliphatic rings. The van der Waals surface area contributed by atoms with Gasteiger partial charge < -0.3 is 10.3 Å². The van der Waals surface area contributed by atoms with Gasteiger partial charge in [0.15, 0.2) is 5.65 Å². The Kier molecular flexibility index (Phi) is 4.17. The summed E-state index contributed by atoms with van der Waals surface area (Å²) in [5.41, 5.74) is 4.14. The summed E-state index contributed by atoms with van der Waals surface area (Å²) in [5.74, 6) is 0. The predicted octanol–water partition coefficient (Wildman–Crippen LogP) is 2.92. The van der Waals surface area contributed by atoms with E-state index in [1.165, 1.54) is 16.0 Å². The van der Waals surface area contributed by atoms with Crippen LogP contribution in [0.2, 0.25) is 0 Å². The minimum atomic E-state index is 0.703. The van der Waals surface area contributed by atoms with Crippen LogP contribution in [0.4, 0.5) is 0 Å². The van der Waals surface area contributed by atoms with Crippen molar-refractivity contribution in [2.45, 2.75) is 30.3 Å². The lowest BCUT2D eigenvalue weighted by Gasteiger charge is -2.08. The quantitative estimate of drug-likeness (QED) is 0.709. The van der Waals surface area contributed by atoms with Crippen molar-refractivity contribution < 1.29 is 0 Å². The molecule has 2 aromatic heterocycles. The van der Waals surface area contributed by atoms with Crippen LogP contribution in [0.15, 0.2) is 40.8 Å². The molecule has 0 amide bonds. The maximum Gasteiger partial charge on any atom is 0.181 e. The van der Waals surface area contributed by atoms with Gasteiger partial charge in [-0.2, -0.15) is 0 Å². The van der Waals surface area contributed by atoms with Crippen molar-refractivity contribution in [3.63, 3.8) is 0 Å². The number of benzene rings is 1. The average molecular weight is 299 g/mol. The van der Waals surface area contributed by atoms with Gasteiger partial charge in [-0.05, 0) is 30.7 Å². The van der Waals surface area contributed by atoms with Crippen LogP contribution in [-0.2, 0) is 6.54 Å². The van der Waals surface area contributed by atoms with Crippen LogP contribution in [0.1, 0.15) is 18.1 Å². The summed E-state index contributed by atoms with van der Waals surface area (Å²) in [7, 11) is 0. The molecule has 0 saturated carbocycles. The molecule has 3 aromatic rings. The summed E-state index contributed by atoms with van der Waals surface area (Å²) in [6, 6.07) is 6.52. The van der Waals surface area contributed by atoms with Gasteiger partial charge in [-0.25, -0.2) is 15.0 Å².